The van der Waals surface area contributed by atoms with Crippen LogP contribution in [0.25, 0.3) is 6.08 Å². The van der Waals surface area contributed by atoms with Gasteiger partial charge in [-0.3, -0.25) is 4.79 Å². The smallest absolute Gasteiger partial charge is 0.342 e. The first-order chi connectivity index (χ1) is 15.9. The molecule has 1 heterocycles. The molecule has 2 aromatic carbocycles. The molecule has 0 fully saturated rings. The summed E-state index contributed by atoms with van der Waals surface area (Å²) in [6, 6.07) is 10.9. The van der Waals surface area contributed by atoms with Crippen molar-refractivity contribution < 1.29 is 28.9 Å². The third-order valence-corrected chi connectivity index (χ3v) is 5.38. The minimum absolute atomic E-state index is 0.106. The summed E-state index contributed by atoms with van der Waals surface area (Å²) in [4.78, 5) is 25.4. The first kappa shape index (κ1) is 24.3. The minimum Gasteiger partial charge on any atom is -0.507 e. The number of ketones is 1. The number of rotatable bonds is 4. The molecular formula is C27H30O6. The van der Waals surface area contributed by atoms with Crippen molar-refractivity contribution >= 4 is 17.8 Å². The number of aryl methyl sites for hydroxylation is 1. The number of carbonyl (C=O) groups excluding carboxylic acids is 2. The fourth-order valence-corrected chi connectivity index (χ4v) is 3.61. The lowest BCUT2D eigenvalue weighted by atomic mass is 10.0. The molecule has 0 bridgehead atoms. The van der Waals surface area contributed by atoms with Crippen LogP contribution in [0.5, 0.6) is 11.5 Å². The molecule has 33 heavy (non-hydrogen) atoms. The van der Waals surface area contributed by atoms with Crippen LogP contribution in [0.2, 0.25) is 0 Å². The second-order valence-electron chi connectivity index (χ2n) is 8.13. The SMILES string of the molecule is COc1ccc(CO[C@H]2CC/C=C/c3cc(C)cc(O)c3C(=O)OC(C)C/C=C\C2=O)cc1. The molecule has 1 unspecified atom stereocenters. The zero-order valence-electron chi connectivity index (χ0n) is 19.2. The van der Waals surface area contributed by atoms with Gasteiger partial charge in [-0.25, -0.2) is 4.79 Å². The third-order valence-electron chi connectivity index (χ3n) is 5.38. The van der Waals surface area contributed by atoms with Crippen molar-refractivity contribution in [2.24, 2.45) is 0 Å². The maximum Gasteiger partial charge on any atom is 0.342 e. The molecule has 0 radical (unpaired) electrons. The van der Waals surface area contributed by atoms with E-state index in [-0.39, 0.29) is 17.1 Å². The molecule has 0 aromatic heterocycles. The first-order valence-electron chi connectivity index (χ1n) is 11.0. The van der Waals surface area contributed by atoms with E-state index < -0.39 is 18.2 Å². The second kappa shape index (κ2) is 11.5. The van der Waals surface area contributed by atoms with E-state index in [1.807, 2.05) is 43.3 Å². The van der Waals surface area contributed by atoms with Crippen molar-refractivity contribution in [3.8, 4) is 11.5 Å². The Morgan fingerprint density at radius 2 is 1.85 bits per heavy atom. The molecule has 0 saturated carbocycles. The summed E-state index contributed by atoms with van der Waals surface area (Å²) in [5, 5.41) is 10.4. The molecule has 0 amide bonds. The van der Waals surface area contributed by atoms with Gasteiger partial charge in [0.15, 0.2) is 5.78 Å². The highest BCUT2D eigenvalue weighted by atomic mass is 16.5. The maximum absolute atomic E-state index is 12.8. The molecule has 1 aliphatic heterocycles. The lowest BCUT2D eigenvalue weighted by Gasteiger charge is -2.17. The number of aromatic hydroxyl groups is 1. The Labute approximate surface area is 194 Å². The highest BCUT2D eigenvalue weighted by Gasteiger charge is 2.21. The summed E-state index contributed by atoms with van der Waals surface area (Å²) in [6.45, 7) is 3.90. The number of allylic oxidation sites excluding steroid dienone is 1. The van der Waals surface area contributed by atoms with Crippen LogP contribution in [0.3, 0.4) is 0 Å². The van der Waals surface area contributed by atoms with Crippen LogP contribution in [-0.4, -0.2) is 36.2 Å². The van der Waals surface area contributed by atoms with Gasteiger partial charge in [0, 0.05) is 6.42 Å². The van der Waals surface area contributed by atoms with Crippen LogP contribution >= 0.6 is 0 Å². The lowest BCUT2D eigenvalue weighted by molar-refractivity contribution is -0.126. The lowest BCUT2D eigenvalue weighted by Crippen LogP contribution is -2.23. The number of phenolic OH excluding ortho intramolecular Hbond substituents is 1. The van der Waals surface area contributed by atoms with E-state index >= 15 is 0 Å². The van der Waals surface area contributed by atoms with Gasteiger partial charge >= 0.3 is 5.97 Å². The van der Waals surface area contributed by atoms with Crippen molar-refractivity contribution in [2.75, 3.05) is 7.11 Å². The number of carbonyl (C=O) groups is 2. The molecule has 6 heteroatoms. The molecule has 1 aliphatic rings. The molecule has 3 rings (SSSR count). The zero-order chi connectivity index (χ0) is 23.8. The van der Waals surface area contributed by atoms with Crippen LogP contribution < -0.4 is 4.74 Å². The predicted molar refractivity (Wildman–Crippen MR) is 126 cm³/mol. The Balaban J connectivity index is 1.79. The zero-order valence-corrected chi connectivity index (χ0v) is 19.2. The van der Waals surface area contributed by atoms with Crippen molar-refractivity contribution in [2.45, 2.75) is 51.9 Å². The summed E-state index contributed by atoms with van der Waals surface area (Å²) in [6.07, 6.45) is 7.21. The Hall–Kier alpha value is -3.38. The Bertz CT molecular complexity index is 1040. The Morgan fingerprint density at radius 3 is 2.58 bits per heavy atom. The Morgan fingerprint density at radius 1 is 1.09 bits per heavy atom. The Kier molecular flexibility index (Phi) is 8.44. The largest absolute Gasteiger partial charge is 0.507 e. The summed E-state index contributed by atoms with van der Waals surface area (Å²) in [5.74, 6) is -0.0545. The molecule has 0 saturated heterocycles. The topological polar surface area (TPSA) is 82.1 Å². The number of hydrogen-bond acceptors (Lipinski definition) is 6. The van der Waals surface area contributed by atoms with Gasteiger partial charge in [-0.2, -0.15) is 0 Å². The number of cyclic esters (lactones) is 1. The number of esters is 1. The molecule has 0 spiro atoms. The summed E-state index contributed by atoms with van der Waals surface area (Å²) in [5.41, 5.74) is 2.51. The van der Waals surface area contributed by atoms with E-state index in [1.54, 1.807) is 32.3 Å². The van der Waals surface area contributed by atoms with Crippen LogP contribution in [0.15, 0.2) is 54.6 Å². The van der Waals surface area contributed by atoms with Crippen molar-refractivity contribution in [1.82, 2.24) is 0 Å². The number of phenols is 1. The van der Waals surface area contributed by atoms with Crippen molar-refractivity contribution in [3.63, 3.8) is 0 Å². The van der Waals surface area contributed by atoms with Gasteiger partial charge in [0.25, 0.3) is 0 Å². The molecule has 174 valence electrons. The molecule has 0 aliphatic carbocycles. The van der Waals surface area contributed by atoms with E-state index in [1.165, 1.54) is 6.08 Å². The van der Waals surface area contributed by atoms with Crippen LogP contribution in [0.4, 0.5) is 0 Å². The molecule has 1 N–H and O–H groups in total. The van der Waals surface area contributed by atoms with Gasteiger partial charge in [-0.1, -0.05) is 36.4 Å². The van der Waals surface area contributed by atoms with Crippen LogP contribution in [0.1, 0.15) is 53.2 Å². The predicted octanol–water partition coefficient (Wildman–Crippen LogP) is 5.16. The summed E-state index contributed by atoms with van der Waals surface area (Å²) >= 11 is 0. The fraction of sp³-hybridized carbons (Fsp3) is 0.333. The van der Waals surface area contributed by atoms with Gasteiger partial charge in [-0.05, 0) is 67.7 Å². The normalized spacial score (nSPS) is 21.4. The van der Waals surface area contributed by atoms with Crippen LogP contribution in [-0.2, 0) is 20.9 Å². The number of hydrogen-bond donors (Lipinski definition) is 1. The van der Waals surface area contributed by atoms with E-state index in [0.717, 1.165) is 16.9 Å². The van der Waals surface area contributed by atoms with Gasteiger partial charge < -0.3 is 19.3 Å². The molecular weight excluding hydrogens is 420 g/mol. The van der Waals surface area contributed by atoms with Crippen molar-refractivity contribution in [1.29, 1.82) is 0 Å². The van der Waals surface area contributed by atoms with E-state index in [2.05, 4.69) is 0 Å². The van der Waals surface area contributed by atoms with Crippen molar-refractivity contribution in [3.05, 3.63) is 76.9 Å². The first-order valence-corrected chi connectivity index (χ1v) is 11.0. The highest BCUT2D eigenvalue weighted by Crippen LogP contribution is 2.27. The summed E-state index contributed by atoms with van der Waals surface area (Å²) < 4.78 is 16.6. The standard InChI is InChI=1S/C27H30O6/c1-18-15-21-8-4-5-10-25(32-17-20-11-13-22(31-3)14-12-20)23(28)9-6-7-19(2)33-27(30)26(21)24(29)16-18/h4,6,8-9,11-16,19,25,29H,5,7,10,17H2,1-3H3/b8-4+,9-6-/t19?,25-/m0/s1. The quantitative estimate of drug-likeness (QED) is 0.648. The summed E-state index contributed by atoms with van der Waals surface area (Å²) in [7, 11) is 1.61. The average molecular weight is 451 g/mol. The molecule has 2 atom stereocenters. The van der Waals surface area contributed by atoms with Gasteiger partial charge in [-0.15, -0.1) is 0 Å². The highest BCUT2D eigenvalue weighted by molar-refractivity contribution is 5.97. The van der Waals surface area contributed by atoms with Gasteiger partial charge in [0.2, 0.25) is 0 Å². The average Bonchev–Trinajstić information content (AvgIpc) is 2.77. The van der Waals surface area contributed by atoms with E-state index in [0.29, 0.717) is 31.4 Å². The molecule has 2 aromatic rings. The third kappa shape index (κ3) is 6.80. The van der Waals surface area contributed by atoms with E-state index in [4.69, 9.17) is 14.2 Å². The van der Waals surface area contributed by atoms with Gasteiger partial charge in [0.1, 0.15) is 29.3 Å². The molecule has 6 nitrogen and oxygen atoms in total. The number of methoxy groups -OCH3 is 1. The maximum atomic E-state index is 12.8. The second-order valence-corrected chi connectivity index (χ2v) is 8.13. The van der Waals surface area contributed by atoms with E-state index in [9.17, 15) is 14.7 Å². The minimum atomic E-state index is -0.598. The number of ether oxygens (including phenoxy) is 3. The monoisotopic (exact) mass is 450 g/mol. The number of fused-ring (bicyclic) bond motifs is 1. The van der Waals surface area contributed by atoms with Crippen LogP contribution in [0, 0.1) is 6.92 Å². The van der Waals surface area contributed by atoms with Gasteiger partial charge in [0.05, 0.1) is 13.7 Å². The fourth-order valence-electron chi connectivity index (χ4n) is 3.61. The number of benzene rings is 2.